The van der Waals surface area contributed by atoms with Gasteiger partial charge in [-0.25, -0.2) is 8.42 Å². The van der Waals surface area contributed by atoms with Crippen LogP contribution in [0, 0.1) is 5.92 Å². The van der Waals surface area contributed by atoms with E-state index in [0.29, 0.717) is 11.6 Å². The molecule has 0 atom stereocenters. The summed E-state index contributed by atoms with van der Waals surface area (Å²) in [4.78, 5) is 0. The van der Waals surface area contributed by atoms with Gasteiger partial charge in [0.05, 0.1) is 6.26 Å². The van der Waals surface area contributed by atoms with Crippen LogP contribution in [0.5, 0.6) is 0 Å². The van der Waals surface area contributed by atoms with Crippen molar-refractivity contribution in [1.82, 2.24) is 0 Å². The van der Waals surface area contributed by atoms with E-state index >= 15 is 0 Å². The summed E-state index contributed by atoms with van der Waals surface area (Å²) in [6.45, 7) is 5.29. The Morgan fingerprint density at radius 3 is 2.12 bits per heavy atom. The number of benzene rings is 1. The maximum Gasteiger partial charge on any atom is 0.229 e. The summed E-state index contributed by atoms with van der Waals surface area (Å²) in [5.41, 5.74) is 1.59. The van der Waals surface area contributed by atoms with E-state index in [-0.39, 0.29) is 0 Å². The van der Waals surface area contributed by atoms with Gasteiger partial charge in [0, 0.05) is 17.9 Å². The molecular weight excluding hydrogens is 236 g/mol. The Morgan fingerprint density at radius 2 is 1.65 bits per heavy atom. The van der Waals surface area contributed by atoms with Crippen molar-refractivity contribution < 1.29 is 8.42 Å². The van der Waals surface area contributed by atoms with Gasteiger partial charge in [0.1, 0.15) is 0 Å². The molecule has 1 aromatic rings. The second-order valence-electron chi connectivity index (χ2n) is 4.56. The van der Waals surface area contributed by atoms with E-state index < -0.39 is 10.0 Å². The molecule has 0 saturated heterocycles. The third-order valence-corrected chi connectivity index (χ3v) is 2.85. The van der Waals surface area contributed by atoms with E-state index in [9.17, 15) is 8.42 Å². The van der Waals surface area contributed by atoms with Gasteiger partial charge in [-0.3, -0.25) is 4.72 Å². The van der Waals surface area contributed by atoms with Crippen molar-refractivity contribution in [1.29, 1.82) is 0 Å². The second-order valence-corrected chi connectivity index (χ2v) is 6.31. The van der Waals surface area contributed by atoms with Gasteiger partial charge in [-0.15, -0.1) is 0 Å². The van der Waals surface area contributed by atoms with Crippen LogP contribution >= 0.6 is 0 Å². The topological polar surface area (TPSA) is 58.2 Å². The van der Waals surface area contributed by atoms with Crippen molar-refractivity contribution in [3.8, 4) is 0 Å². The number of hydrogen-bond acceptors (Lipinski definition) is 3. The first-order valence-electron chi connectivity index (χ1n) is 5.68. The van der Waals surface area contributed by atoms with Crippen LogP contribution in [0.25, 0.3) is 0 Å². The third-order valence-electron chi connectivity index (χ3n) is 2.24. The minimum atomic E-state index is -3.19. The highest BCUT2D eigenvalue weighted by atomic mass is 32.2. The Balaban J connectivity index is 2.50. The van der Waals surface area contributed by atoms with Crippen molar-refractivity contribution in [3.05, 3.63) is 24.3 Å². The fraction of sp³-hybridized carbons (Fsp3) is 0.500. The fourth-order valence-corrected chi connectivity index (χ4v) is 1.94. The maximum absolute atomic E-state index is 11.0. The van der Waals surface area contributed by atoms with E-state index in [1.165, 1.54) is 0 Å². The summed E-state index contributed by atoms with van der Waals surface area (Å²) in [5, 5.41) is 3.29. The fourth-order valence-electron chi connectivity index (χ4n) is 1.38. The van der Waals surface area contributed by atoms with Gasteiger partial charge < -0.3 is 5.32 Å². The number of hydrogen-bond donors (Lipinski definition) is 2. The van der Waals surface area contributed by atoms with Gasteiger partial charge >= 0.3 is 0 Å². The molecule has 17 heavy (non-hydrogen) atoms. The Labute approximate surface area is 103 Å². The summed E-state index contributed by atoms with van der Waals surface area (Å²) in [7, 11) is -3.19. The van der Waals surface area contributed by atoms with Crippen LogP contribution in [0.3, 0.4) is 0 Å². The van der Waals surface area contributed by atoms with Crippen LogP contribution in [0.4, 0.5) is 11.4 Å². The first-order valence-corrected chi connectivity index (χ1v) is 7.57. The van der Waals surface area contributed by atoms with E-state index in [1.807, 2.05) is 12.1 Å². The monoisotopic (exact) mass is 256 g/mol. The van der Waals surface area contributed by atoms with Crippen molar-refractivity contribution in [2.45, 2.75) is 20.3 Å². The molecule has 0 fully saturated rings. The molecule has 0 radical (unpaired) electrons. The molecule has 96 valence electrons. The van der Waals surface area contributed by atoms with Crippen molar-refractivity contribution in [2.24, 2.45) is 5.92 Å². The van der Waals surface area contributed by atoms with Crippen LogP contribution in [0.1, 0.15) is 20.3 Å². The molecule has 4 nitrogen and oxygen atoms in total. The molecule has 0 unspecified atom stereocenters. The van der Waals surface area contributed by atoms with Crippen LogP contribution < -0.4 is 10.0 Å². The van der Waals surface area contributed by atoms with Gasteiger partial charge in [0.15, 0.2) is 0 Å². The van der Waals surface area contributed by atoms with Crippen molar-refractivity contribution >= 4 is 21.4 Å². The van der Waals surface area contributed by atoms with Gasteiger partial charge in [-0.05, 0) is 36.6 Å². The first-order chi connectivity index (χ1) is 7.87. The molecule has 0 aliphatic carbocycles. The molecule has 0 aliphatic rings. The van der Waals surface area contributed by atoms with Crippen LogP contribution in [-0.2, 0) is 10.0 Å². The van der Waals surface area contributed by atoms with Crippen molar-refractivity contribution in [2.75, 3.05) is 22.8 Å². The Kier molecular flexibility index (Phi) is 4.81. The van der Waals surface area contributed by atoms with E-state index in [1.54, 1.807) is 12.1 Å². The minimum absolute atomic E-state index is 0.585. The molecule has 1 aromatic carbocycles. The Bertz CT molecular complexity index is 438. The summed E-state index contributed by atoms with van der Waals surface area (Å²) in [5.74, 6) is 0.675. The molecule has 0 heterocycles. The predicted molar refractivity (Wildman–Crippen MR) is 72.9 cm³/mol. The lowest BCUT2D eigenvalue weighted by Gasteiger charge is -2.09. The molecule has 2 N–H and O–H groups in total. The molecule has 0 bridgehead atoms. The predicted octanol–water partition coefficient (Wildman–Crippen LogP) is 2.52. The number of rotatable bonds is 6. The molecule has 0 spiro atoms. The molecule has 5 heteroatoms. The van der Waals surface area contributed by atoms with Gasteiger partial charge in [0.2, 0.25) is 10.0 Å². The minimum Gasteiger partial charge on any atom is -0.385 e. The number of nitrogens with one attached hydrogen (secondary N) is 2. The normalized spacial score (nSPS) is 11.5. The third kappa shape index (κ3) is 6.16. The van der Waals surface area contributed by atoms with Gasteiger partial charge in [-0.2, -0.15) is 0 Å². The molecule has 0 aliphatic heterocycles. The van der Waals surface area contributed by atoms with Crippen LogP contribution in [0.2, 0.25) is 0 Å². The van der Waals surface area contributed by atoms with Gasteiger partial charge in [-0.1, -0.05) is 13.8 Å². The molecule has 0 amide bonds. The summed E-state index contributed by atoms with van der Waals surface area (Å²) in [6, 6.07) is 7.24. The van der Waals surface area contributed by atoms with E-state index in [4.69, 9.17) is 0 Å². The highest BCUT2D eigenvalue weighted by Gasteiger charge is 2.01. The average Bonchev–Trinajstić information content (AvgIpc) is 2.18. The molecule has 0 aromatic heterocycles. The zero-order valence-corrected chi connectivity index (χ0v) is 11.3. The summed E-state index contributed by atoms with van der Waals surface area (Å²) >= 11 is 0. The lowest BCUT2D eigenvalue weighted by Crippen LogP contribution is -2.09. The molecule has 0 saturated carbocycles. The van der Waals surface area contributed by atoms with E-state index in [0.717, 1.165) is 24.9 Å². The average molecular weight is 256 g/mol. The molecule has 1 rings (SSSR count). The Hall–Kier alpha value is -1.23. The number of anilines is 2. The SMILES string of the molecule is CC(C)CCNc1ccc(NS(C)(=O)=O)cc1. The number of sulfonamides is 1. The Morgan fingerprint density at radius 1 is 1.12 bits per heavy atom. The lowest BCUT2D eigenvalue weighted by atomic mass is 10.1. The van der Waals surface area contributed by atoms with E-state index in [2.05, 4.69) is 23.9 Å². The summed E-state index contributed by atoms with van der Waals surface area (Å²) < 4.78 is 24.4. The zero-order valence-electron chi connectivity index (χ0n) is 10.5. The largest absolute Gasteiger partial charge is 0.385 e. The smallest absolute Gasteiger partial charge is 0.229 e. The van der Waals surface area contributed by atoms with Crippen LogP contribution in [-0.4, -0.2) is 21.2 Å². The molecular formula is C12H20N2O2S. The quantitative estimate of drug-likeness (QED) is 0.822. The second kappa shape index (κ2) is 5.91. The standard InChI is InChI=1S/C12H20N2O2S/c1-10(2)8-9-13-11-4-6-12(7-5-11)14-17(3,15)16/h4-7,10,13-14H,8-9H2,1-3H3. The van der Waals surface area contributed by atoms with Crippen molar-refractivity contribution in [3.63, 3.8) is 0 Å². The maximum atomic E-state index is 11.0. The van der Waals surface area contributed by atoms with Crippen LogP contribution in [0.15, 0.2) is 24.3 Å². The summed E-state index contributed by atoms with van der Waals surface area (Å²) in [6.07, 6.45) is 2.26. The highest BCUT2D eigenvalue weighted by Crippen LogP contribution is 2.14. The zero-order chi connectivity index (χ0) is 12.9. The highest BCUT2D eigenvalue weighted by molar-refractivity contribution is 7.92. The van der Waals surface area contributed by atoms with Gasteiger partial charge in [0.25, 0.3) is 0 Å². The lowest BCUT2D eigenvalue weighted by molar-refractivity contribution is 0.606. The first kappa shape index (κ1) is 13.8.